The zero-order chi connectivity index (χ0) is 20.0. The van der Waals surface area contributed by atoms with Crippen LogP contribution in [0.5, 0.6) is 0 Å². The van der Waals surface area contributed by atoms with E-state index in [9.17, 15) is 14.7 Å². The number of hydrogen-bond donors (Lipinski definition) is 2. The molecule has 5 nitrogen and oxygen atoms in total. The van der Waals surface area contributed by atoms with Gasteiger partial charge in [-0.05, 0) is 114 Å². The molecule has 8 fully saturated rings. The Labute approximate surface area is 173 Å². The molecule has 0 aromatic heterocycles. The quantitative estimate of drug-likeness (QED) is 0.709. The summed E-state index contributed by atoms with van der Waals surface area (Å²) in [5, 5.41) is 14.3. The minimum Gasteiger partial charge on any atom is -0.452 e. The molecular weight excluding hydrogens is 366 g/mol. The summed E-state index contributed by atoms with van der Waals surface area (Å²) in [6, 6.07) is 0. The Morgan fingerprint density at radius 1 is 0.862 bits per heavy atom. The van der Waals surface area contributed by atoms with Crippen LogP contribution in [-0.4, -0.2) is 34.2 Å². The molecule has 2 unspecified atom stereocenters. The highest BCUT2D eigenvalue weighted by molar-refractivity contribution is 5.86. The highest BCUT2D eigenvalue weighted by Gasteiger charge is 2.61. The third-order valence-corrected chi connectivity index (χ3v) is 9.54. The van der Waals surface area contributed by atoms with Gasteiger partial charge in [0.2, 0.25) is 0 Å². The lowest BCUT2D eigenvalue weighted by atomic mass is 9.48. The van der Waals surface area contributed by atoms with Gasteiger partial charge < -0.3 is 15.2 Å². The fourth-order valence-electron chi connectivity index (χ4n) is 9.42. The van der Waals surface area contributed by atoms with E-state index in [0.29, 0.717) is 18.3 Å². The van der Waals surface area contributed by atoms with Crippen LogP contribution in [0.2, 0.25) is 0 Å². The molecule has 8 aliphatic rings. The van der Waals surface area contributed by atoms with Gasteiger partial charge in [0, 0.05) is 5.54 Å². The molecule has 160 valence electrons. The molecule has 1 amide bonds. The molecule has 0 saturated heterocycles. The van der Waals surface area contributed by atoms with Crippen LogP contribution >= 0.6 is 0 Å². The van der Waals surface area contributed by atoms with Crippen LogP contribution in [0.3, 0.4) is 0 Å². The van der Waals surface area contributed by atoms with E-state index >= 15 is 0 Å². The first-order valence-electron chi connectivity index (χ1n) is 12.0. The van der Waals surface area contributed by atoms with Gasteiger partial charge in [-0.25, -0.2) is 0 Å². The molecule has 5 atom stereocenters. The average Bonchev–Trinajstić information content (AvgIpc) is 2.57. The minimum atomic E-state index is -0.752. The van der Waals surface area contributed by atoms with Crippen LogP contribution in [0.15, 0.2) is 0 Å². The molecule has 0 aromatic rings. The van der Waals surface area contributed by atoms with Crippen molar-refractivity contribution in [1.82, 2.24) is 5.32 Å². The predicted octanol–water partition coefficient (Wildman–Crippen LogP) is 3.33. The molecule has 0 aromatic carbocycles. The number of esters is 1. The van der Waals surface area contributed by atoms with Gasteiger partial charge in [0.1, 0.15) is 0 Å². The number of hydrogen-bond acceptors (Lipinski definition) is 4. The van der Waals surface area contributed by atoms with Crippen molar-refractivity contribution in [3.63, 3.8) is 0 Å². The van der Waals surface area contributed by atoms with Crippen molar-refractivity contribution in [2.24, 2.45) is 35.0 Å². The normalized spacial score (nSPS) is 52.4. The summed E-state index contributed by atoms with van der Waals surface area (Å²) in [5.41, 5.74) is -1.30. The summed E-state index contributed by atoms with van der Waals surface area (Å²) in [5.74, 6) is 2.82. The number of ether oxygens (including phenoxy) is 1. The van der Waals surface area contributed by atoms with Crippen molar-refractivity contribution in [3.8, 4) is 0 Å². The van der Waals surface area contributed by atoms with Gasteiger partial charge in [-0.3, -0.25) is 9.59 Å². The van der Waals surface area contributed by atoms with Gasteiger partial charge in [0.05, 0.1) is 11.0 Å². The summed E-state index contributed by atoms with van der Waals surface area (Å²) in [6.45, 7) is 1.73. The van der Waals surface area contributed by atoms with Gasteiger partial charge in [-0.15, -0.1) is 0 Å². The smallest absolute Gasteiger partial charge is 0.312 e. The van der Waals surface area contributed by atoms with Crippen LogP contribution in [0.4, 0.5) is 0 Å². The molecule has 0 radical (unpaired) electrons. The largest absolute Gasteiger partial charge is 0.452 e. The van der Waals surface area contributed by atoms with Crippen molar-refractivity contribution in [3.05, 3.63) is 0 Å². The maximum absolute atomic E-state index is 13.2. The first-order valence-corrected chi connectivity index (χ1v) is 12.0. The minimum absolute atomic E-state index is 0.0532. The SMILES string of the molecule is C[C@@H](OC(=O)C12C[C@@H]3C[C@@H](CC(O)(C3)C1)C2)C(=O)NC12CC3CC(CC(C3)C1)C2. The molecular formula is C24H35NO4. The van der Waals surface area contributed by atoms with Crippen molar-refractivity contribution in [1.29, 1.82) is 0 Å². The van der Waals surface area contributed by atoms with Gasteiger partial charge in [-0.1, -0.05) is 0 Å². The van der Waals surface area contributed by atoms with Crippen LogP contribution < -0.4 is 5.32 Å². The van der Waals surface area contributed by atoms with Crippen LogP contribution in [0, 0.1) is 35.0 Å². The number of aliphatic hydroxyl groups is 1. The maximum atomic E-state index is 13.2. The average molecular weight is 402 g/mol. The standard InChI is InChI=1S/C24H35NO4/c1-14(20(26)25-23-8-15-2-16(9-23)4-17(3-15)10-23)29-21(27)22-6-18-5-19(7-22)12-24(28,11-18)13-22/h14-19,28H,2-13H2,1H3,(H,25,26)/t14-,15?,16?,17?,18-,19+,22?,23?,24?/m1/s1. The zero-order valence-electron chi connectivity index (χ0n) is 17.6. The highest BCUT2D eigenvalue weighted by Crippen LogP contribution is 2.62. The molecule has 29 heavy (non-hydrogen) atoms. The second-order valence-corrected chi connectivity index (χ2v) is 12.2. The Bertz CT molecular complexity index is 696. The number of carbonyl (C=O) groups is 2. The molecule has 8 rings (SSSR count). The van der Waals surface area contributed by atoms with Crippen LogP contribution in [0.1, 0.15) is 84.0 Å². The molecule has 0 aliphatic heterocycles. The second-order valence-electron chi connectivity index (χ2n) is 12.2. The zero-order valence-corrected chi connectivity index (χ0v) is 17.6. The van der Waals surface area contributed by atoms with E-state index in [4.69, 9.17) is 4.74 Å². The van der Waals surface area contributed by atoms with E-state index < -0.39 is 17.1 Å². The summed E-state index contributed by atoms with van der Waals surface area (Å²) >= 11 is 0. The molecule has 8 bridgehead atoms. The Morgan fingerprint density at radius 2 is 1.38 bits per heavy atom. The predicted molar refractivity (Wildman–Crippen MR) is 107 cm³/mol. The van der Waals surface area contributed by atoms with E-state index in [1.54, 1.807) is 6.92 Å². The van der Waals surface area contributed by atoms with E-state index in [1.807, 2.05) is 0 Å². The molecule has 8 saturated carbocycles. The highest BCUT2D eigenvalue weighted by atomic mass is 16.5. The lowest BCUT2D eigenvalue weighted by Gasteiger charge is -2.58. The van der Waals surface area contributed by atoms with Crippen LogP contribution in [0.25, 0.3) is 0 Å². The van der Waals surface area contributed by atoms with Gasteiger partial charge >= 0.3 is 5.97 Å². The van der Waals surface area contributed by atoms with E-state index in [2.05, 4.69) is 5.32 Å². The van der Waals surface area contributed by atoms with Crippen LogP contribution in [-0.2, 0) is 14.3 Å². The summed E-state index contributed by atoms with van der Waals surface area (Å²) in [6.07, 6.45) is 11.6. The Hall–Kier alpha value is -1.10. The van der Waals surface area contributed by atoms with Crippen molar-refractivity contribution in [2.45, 2.75) is 101 Å². The summed E-state index contributed by atoms with van der Waals surface area (Å²) < 4.78 is 5.79. The number of rotatable bonds is 4. The van der Waals surface area contributed by atoms with E-state index in [-0.39, 0.29) is 17.4 Å². The monoisotopic (exact) mass is 401 g/mol. The van der Waals surface area contributed by atoms with Crippen molar-refractivity contribution >= 4 is 11.9 Å². The van der Waals surface area contributed by atoms with Gasteiger partial charge in [0.15, 0.2) is 6.10 Å². The molecule has 2 N–H and O–H groups in total. The lowest BCUT2D eigenvalue weighted by molar-refractivity contribution is -0.200. The third kappa shape index (κ3) is 2.97. The Balaban J connectivity index is 1.12. The third-order valence-electron chi connectivity index (χ3n) is 9.54. The topological polar surface area (TPSA) is 75.6 Å². The Morgan fingerprint density at radius 3 is 1.90 bits per heavy atom. The van der Waals surface area contributed by atoms with Crippen molar-refractivity contribution in [2.75, 3.05) is 0 Å². The van der Waals surface area contributed by atoms with E-state index in [1.165, 1.54) is 19.3 Å². The molecule has 0 spiro atoms. The van der Waals surface area contributed by atoms with E-state index in [0.717, 1.165) is 69.1 Å². The number of carbonyl (C=O) groups excluding carboxylic acids is 2. The van der Waals surface area contributed by atoms with Gasteiger partial charge in [0.25, 0.3) is 5.91 Å². The summed E-state index contributed by atoms with van der Waals surface area (Å²) in [7, 11) is 0. The number of nitrogens with one attached hydrogen (secondary N) is 1. The summed E-state index contributed by atoms with van der Waals surface area (Å²) in [4.78, 5) is 26.2. The fraction of sp³-hybridized carbons (Fsp3) is 0.917. The Kier molecular flexibility index (Phi) is 3.85. The van der Waals surface area contributed by atoms with Crippen molar-refractivity contribution < 1.29 is 19.4 Å². The molecule has 8 aliphatic carbocycles. The first-order chi connectivity index (χ1) is 13.7. The molecule has 5 heteroatoms. The number of amides is 1. The lowest BCUT2D eigenvalue weighted by Crippen LogP contribution is -2.62. The first kappa shape index (κ1) is 18.7. The second kappa shape index (κ2) is 5.99. The van der Waals surface area contributed by atoms with Gasteiger partial charge in [-0.2, -0.15) is 0 Å². The molecule has 0 heterocycles. The fourth-order valence-corrected chi connectivity index (χ4v) is 9.42. The maximum Gasteiger partial charge on any atom is 0.312 e.